The quantitative estimate of drug-likeness (QED) is 0.330. The molecule has 0 aromatic heterocycles. The van der Waals surface area contributed by atoms with Crippen molar-refractivity contribution in [2.24, 2.45) is 0 Å². The molecule has 1 atom stereocenters. The molecule has 0 aliphatic carbocycles. The van der Waals surface area contributed by atoms with E-state index in [1.807, 2.05) is 6.92 Å². The van der Waals surface area contributed by atoms with Gasteiger partial charge in [-0.05, 0) is 49.6 Å². The molecule has 5 nitrogen and oxygen atoms in total. The van der Waals surface area contributed by atoms with Crippen molar-refractivity contribution in [2.75, 3.05) is 19.8 Å². The predicted molar refractivity (Wildman–Crippen MR) is 132 cm³/mol. The highest BCUT2D eigenvalue weighted by atomic mass is 35.5. The molecule has 2 aromatic rings. The molecule has 9 heteroatoms. The van der Waals surface area contributed by atoms with E-state index in [9.17, 15) is 9.18 Å². The molecule has 33 heavy (non-hydrogen) atoms. The van der Waals surface area contributed by atoms with Crippen molar-refractivity contribution in [1.29, 1.82) is 0 Å². The zero-order valence-electron chi connectivity index (χ0n) is 18.0. The average Bonchev–Trinajstić information content (AvgIpc) is 3.39. The number of carbonyl (C=O) groups excluding carboxylic acids is 1. The van der Waals surface area contributed by atoms with E-state index < -0.39 is 0 Å². The molecule has 1 amide bonds. The van der Waals surface area contributed by atoms with Crippen LogP contribution in [0.1, 0.15) is 30.9 Å². The van der Waals surface area contributed by atoms with Gasteiger partial charge in [0.1, 0.15) is 16.7 Å². The molecule has 0 N–H and O–H groups in total. The van der Waals surface area contributed by atoms with Crippen molar-refractivity contribution in [3.63, 3.8) is 0 Å². The molecule has 2 aliphatic rings. The Morgan fingerprint density at radius 2 is 2.15 bits per heavy atom. The molecule has 0 unspecified atom stereocenters. The first-order chi connectivity index (χ1) is 16.0. The lowest BCUT2D eigenvalue weighted by atomic mass is 10.1. The van der Waals surface area contributed by atoms with Crippen LogP contribution < -0.4 is 9.47 Å². The topological polar surface area (TPSA) is 48.0 Å². The monoisotopic (exact) mass is 507 g/mol. The van der Waals surface area contributed by atoms with Crippen molar-refractivity contribution in [2.45, 2.75) is 32.5 Å². The van der Waals surface area contributed by atoms with Crippen molar-refractivity contribution in [3.05, 3.63) is 63.3 Å². The summed E-state index contributed by atoms with van der Waals surface area (Å²) in [5.74, 6) is 0.245. The van der Waals surface area contributed by atoms with Crippen LogP contribution in [-0.2, 0) is 16.1 Å². The fourth-order valence-corrected chi connectivity index (χ4v) is 5.19. The minimum atomic E-state index is -0.353. The highest BCUT2D eigenvalue weighted by Crippen LogP contribution is 2.40. The van der Waals surface area contributed by atoms with E-state index in [0.29, 0.717) is 50.0 Å². The molecule has 0 bridgehead atoms. The molecular weight excluding hydrogens is 485 g/mol. The Bertz CT molecular complexity index is 1090. The van der Waals surface area contributed by atoms with Crippen LogP contribution in [0.2, 0.25) is 5.02 Å². The second-order valence-corrected chi connectivity index (χ2v) is 9.65. The van der Waals surface area contributed by atoms with Crippen LogP contribution in [0, 0.1) is 5.82 Å². The van der Waals surface area contributed by atoms with Gasteiger partial charge in [-0.25, -0.2) is 4.39 Å². The lowest BCUT2D eigenvalue weighted by Gasteiger charge is -2.18. The summed E-state index contributed by atoms with van der Waals surface area (Å²) in [6, 6.07) is 9.82. The van der Waals surface area contributed by atoms with Gasteiger partial charge in [-0.2, -0.15) is 0 Å². The minimum Gasteiger partial charge on any atom is -0.490 e. The number of nitrogens with zero attached hydrogens (tertiary/aromatic N) is 1. The maximum absolute atomic E-state index is 14.0. The molecule has 0 saturated carbocycles. The van der Waals surface area contributed by atoms with Gasteiger partial charge in [0, 0.05) is 12.2 Å². The maximum Gasteiger partial charge on any atom is 0.266 e. The summed E-state index contributed by atoms with van der Waals surface area (Å²) >= 11 is 13.2. The lowest BCUT2D eigenvalue weighted by Crippen LogP contribution is -2.35. The van der Waals surface area contributed by atoms with Crippen LogP contribution in [0.5, 0.6) is 11.5 Å². The predicted octanol–water partition coefficient (Wildman–Crippen LogP) is 5.84. The SMILES string of the molecule is CCOc1cc(/C=C2\SC(=S)N(C[C@H]3CCCO3)C2=O)cc(Cl)c1OCc1ccccc1F. The van der Waals surface area contributed by atoms with Crippen LogP contribution in [0.25, 0.3) is 6.08 Å². The largest absolute Gasteiger partial charge is 0.490 e. The third-order valence-electron chi connectivity index (χ3n) is 5.24. The molecule has 2 fully saturated rings. The third-order valence-corrected chi connectivity index (χ3v) is 6.90. The summed E-state index contributed by atoms with van der Waals surface area (Å²) < 4.78 is 31.6. The number of hydrogen-bond donors (Lipinski definition) is 0. The van der Waals surface area contributed by atoms with Crippen LogP contribution in [0.4, 0.5) is 4.39 Å². The van der Waals surface area contributed by atoms with Crippen molar-refractivity contribution in [3.8, 4) is 11.5 Å². The molecule has 2 aliphatic heterocycles. The Labute approximate surface area is 206 Å². The highest BCUT2D eigenvalue weighted by molar-refractivity contribution is 8.26. The first-order valence-corrected chi connectivity index (χ1v) is 12.3. The molecule has 174 valence electrons. The molecule has 2 heterocycles. The Balaban J connectivity index is 1.54. The summed E-state index contributed by atoms with van der Waals surface area (Å²) in [4.78, 5) is 15.0. The second-order valence-electron chi connectivity index (χ2n) is 7.57. The van der Waals surface area contributed by atoms with Crippen LogP contribution in [0.15, 0.2) is 41.3 Å². The molecule has 2 aromatic carbocycles. The second kappa shape index (κ2) is 10.9. The van der Waals surface area contributed by atoms with E-state index in [1.54, 1.807) is 41.3 Å². The van der Waals surface area contributed by atoms with Crippen molar-refractivity contribution < 1.29 is 23.4 Å². The highest BCUT2D eigenvalue weighted by Gasteiger charge is 2.34. The summed E-state index contributed by atoms with van der Waals surface area (Å²) in [6.45, 7) is 3.43. The van der Waals surface area contributed by atoms with Crippen LogP contribution in [0.3, 0.4) is 0 Å². The van der Waals surface area contributed by atoms with Gasteiger partial charge < -0.3 is 14.2 Å². The number of ether oxygens (including phenoxy) is 3. The zero-order chi connectivity index (χ0) is 23.4. The molecular formula is C24H23ClFNO4S2. The third kappa shape index (κ3) is 5.69. The Morgan fingerprint density at radius 3 is 2.88 bits per heavy atom. The smallest absolute Gasteiger partial charge is 0.266 e. The van der Waals surface area contributed by atoms with Gasteiger partial charge in [0.25, 0.3) is 5.91 Å². The first kappa shape index (κ1) is 24.0. The van der Waals surface area contributed by atoms with Gasteiger partial charge in [0.15, 0.2) is 11.5 Å². The maximum atomic E-state index is 14.0. The Hall–Kier alpha value is -2.13. The van der Waals surface area contributed by atoms with E-state index >= 15 is 0 Å². The van der Waals surface area contributed by atoms with Gasteiger partial charge in [-0.3, -0.25) is 9.69 Å². The Kier molecular flexibility index (Phi) is 7.90. The number of rotatable bonds is 8. The van der Waals surface area contributed by atoms with Crippen LogP contribution in [-0.4, -0.2) is 41.0 Å². The van der Waals surface area contributed by atoms with Crippen molar-refractivity contribution >= 4 is 51.9 Å². The fourth-order valence-electron chi connectivity index (χ4n) is 3.64. The molecule has 4 rings (SSSR count). The summed E-state index contributed by atoms with van der Waals surface area (Å²) in [5.41, 5.74) is 1.09. The molecule has 0 spiro atoms. The van der Waals surface area contributed by atoms with Gasteiger partial charge >= 0.3 is 0 Å². The number of halogens is 2. The number of hydrogen-bond acceptors (Lipinski definition) is 6. The minimum absolute atomic E-state index is 0.00765. The summed E-state index contributed by atoms with van der Waals surface area (Å²) in [6.07, 6.45) is 3.69. The normalized spacial score (nSPS) is 19.5. The molecule has 0 radical (unpaired) electrons. The average molecular weight is 508 g/mol. The first-order valence-electron chi connectivity index (χ1n) is 10.7. The van der Waals surface area contributed by atoms with E-state index in [-0.39, 0.29) is 24.4 Å². The van der Waals surface area contributed by atoms with Gasteiger partial charge in [0.2, 0.25) is 0 Å². The van der Waals surface area contributed by atoms with E-state index in [4.69, 9.17) is 38.0 Å². The van der Waals surface area contributed by atoms with Gasteiger partial charge in [-0.1, -0.05) is 53.8 Å². The summed E-state index contributed by atoms with van der Waals surface area (Å²) in [7, 11) is 0. The van der Waals surface area contributed by atoms with Crippen molar-refractivity contribution in [1.82, 2.24) is 4.90 Å². The number of amides is 1. The van der Waals surface area contributed by atoms with Gasteiger partial charge in [-0.15, -0.1) is 0 Å². The van der Waals surface area contributed by atoms with E-state index in [1.165, 1.54) is 17.8 Å². The van der Waals surface area contributed by atoms with E-state index in [0.717, 1.165) is 19.4 Å². The number of benzene rings is 2. The fraction of sp³-hybridized carbons (Fsp3) is 0.333. The van der Waals surface area contributed by atoms with Gasteiger partial charge in [0.05, 0.1) is 29.2 Å². The number of carbonyl (C=O) groups is 1. The molecule has 2 saturated heterocycles. The lowest BCUT2D eigenvalue weighted by molar-refractivity contribution is -0.123. The number of thioether (sulfide) groups is 1. The standard InChI is InChI=1S/C24H23ClFNO4S2/c1-2-29-20-11-15(10-18(25)22(20)31-14-16-6-3-4-8-19(16)26)12-21-23(28)27(24(32)33-21)13-17-7-5-9-30-17/h3-4,6,8,10-12,17H,2,5,7,9,13-14H2,1H3/b21-12-/t17-/m1/s1. The zero-order valence-corrected chi connectivity index (χ0v) is 20.4. The summed E-state index contributed by atoms with van der Waals surface area (Å²) in [5, 5.41) is 0.304. The Morgan fingerprint density at radius 1 is 1.33 bits per heavy atom. The van der Waals surface area contributed by atoms with E-state index in [2.05, 4.69) is 0 Å². The van der Waals surface area contributed by atoms with Crippen LogP contribution >= 0.6 is 35.6 Å². The number of thiocarbonyl (C=S) groups is 1.